The van der Waals surface area contributed by atoms with Crippen LogP contribution in [0.25, 0.3) is 0 Å². The van der Waals surface area contributed by atoms with Crippen molar-refractivity contribution in [1.29, 1.82) is 0 Å². The largest absolute Gasteiger partial charge is 0.497 e. The smallest absolute Gasteiger partial charge is 0.120 e. The summed E-state index contributed by atoms with van der Waals surface area (Å²) in [6.45, 7) is 5.02. The second-order valence-electron chi connectivity index (χ2n) is 5.29. The van der Waals surface area contributed by atoms with E-state index in [2.05, 4.69) is 31.3 Å². The molecule has 1 atom stereocenters. The number of aryl methyl sites for hydroxylation is 1. The van der Waals surface area contributed by atoms with E-state index in [1.165, 1.54) is 18.4 Å². The molecule has 2 rings (SSSR count). The lowest BCUT2D eigenvalue weighted by Gasteiger charge is -2.35. The van der Waals surface area contributed by atoms with E-state index >= 15 is 0 Å². The Morgan fingerprint density at radius 2 is 2.17 bits per heavy atom. The minimum absolute atomic E-state index is 0.0527. The topological polar surface area (TPSA) is 47.3 Å². The van der Waals surface area contributed by atoms with E-state index in [-0.39, 0.29) is 5.54 Å². The molecule has 3 N–H and O–H groups in total. The Morgan fingerprint density at radius 1 is 1.44 bits per heavy atom. The van der Waals surface area contributed by atoms with Crippen molar-refractivity contribution in [2.45, 2.75) is 38.6 Å². The van der Waals surface area contributed by atoms with Gasteiger partial charge in [0, 0.05) is 18.3 Å². The number of nitrogens with two attached hydrogens (primary N) is 1. The van der Waals surface area contributed by atoms with Crippen LogP contribution in [0.2, 0.25) is 0 Å². The number of ether oxygens (including phenoxy) is 1. The van der Waals surface area contributed by atoms with Gasteiger partial charge in [0.25, 0.3) is 0 Å². The SMILES string of the molecule is CCC(CN)(Nc1cc(OC)ccc1C)C1CC1. The van der Waals surface area contributed by atoms with Crippen molar-refractivity contribution in [2.24, 2.45) is 11.7 Å². The van der Waals surface area contributed by atoms with Crippen molar-refractivity contribution < 1.29 is 4.74 Å². The van der Waals surface area contributed by atoms with E-state index in [1.54, 1.807) is 7.11 Å². The van der Waals surface area contributed by atoms with Crippen molar-refractivity contribution in [3.63, 3.8) is 0 Å². The summed E-state index contributed by atoms with van der Waals surface area (Å²) >= 11 is 0. The molecule has 1 aromatic carbocycles. The van der Waals surface area contributed by atoms with Crippen molar-refractivity contribution in [3.8, 4) is 5.75 Å². The van der Waals surface area contributed by atoms with E-state index in [1.807, 2.05) is 6.07 Å². The zero-order valence-electron chi connectivity index (χ0n) is 11.6. The molecule has 1 aromatic rings. The molecule has 100 valence electrons. The summed E-state index contributed by atoms with van der Waals surface area (Å²) in [6.07, 6.45) is 3.65. The van der Waals surface area contributed by atoms with Gasteiger partial charge < -0.3 is 15.8 Å². The Hall–Kier alpha value is -1.22. The molecule has 0 amide bonds. The van der Waals surface area contributed by atoms with Crippen LogP contribution < -0.4 is 15.8 Å². The van der Waals surface area contributed by atoms with Crippen molar-refractivity contribution >= 4 is 5.69 Å². The lowest BCUT2D eigenvalue weighted by molar-refractivity contribution is 0.401. The summed E-state index contributed by atoms with van der Waals surface area (Å²) in [5.74, 6) is 1.61. The first kappa shape index (κ1) is 13.2. The molecule has 1 fully saturated rings. The summed E-state index contributed by atoms with van der Waals surface area (Å²) in [4.78, 5) is 0. The minimum Gasteiger partial charge on any atom is -0.497 e. The van der Waals surface area contributed by atoms with Gasteiger partial charge in [-0.15, -0.1) is 0 Å². The van der Waals surface area contributed by atoms with E-state index in [4.69, 9.17) is 10.5 Å². The quantitative estimate of drug-likeness (QED) is 0.813. The van der Waals surface area contributed by atoms with E-state index in [9.17, 15) is 0 Å². The second kappa shape index (κ2) is 5.19. The van der Waals surface area contributed by atoms with Gasteiger partial charge in [-0.2, -0.15) is 0 Å². The Kier molecular flexibility index (Phi) is 3.81. The maximum absolute atomic E-state index is 6.03. The summed E-state index contributed by atoms with van der Waals surface area (Å²) in [5, 5.41) is 3.69. The first-order chi connectivity index (χ1) is 8.65. The third kappa shape index (κ3) is 2.46. The molecule has 0 heterocycles. The third-order valence-corrected chi connectivity index (χ3v) is 4.18. The summed E-state index contributed by atoms with van der Waals surface area (Å²) in [6, 6.07) is 6.15. The monoisotopic (exact) mass is 248 g/mol. The summed E-state index contributed by atoms with van der Waals surface area (Å²) in [5.41, 5.74) is 8.47. The second-order valence-corrected chi connectivity index (χ2v) is 5.29. The normalized spacial score (nSPS) is 18.2. The molecule has 0 aliphatic heterocycles. The Labute approximate surface area is 110 Å². The highest BCUT2D eigenvalue weighted by Crippen LogP contribution is 2.43. The van der Waals surface area contributed by atoms with Crippen LogP contribution in [0.15, 0.2) is 18.2 Å². The van der Waals surface area contributed by atoms with Gasteiger partial charge in [0.2, 0.25) is 0 Å². The van der Waals surface area contributed by atoms with Crippen LogP contribution in [0.5, 0.6) is 5.75 Å². The number of hydrogen-bond acceptors (Lipinski definition) is 3. The van der Waals surface area contributed by atoms with Gasteiger partial charge in [0.05, 0.1) is 12.6 Å². The molecule has 0 saturated heterocycles. The molecule has 1 saturated carbocycles. The zero-order valence-corrected chi connectivity index (χ0v) is 11.6. The maximum atomic E-state index is 6.03. The molecule has 1 aliphatic carbocycles. The number of methoxy groups -OCH3 is 1. The summed E-state index contributed by atoms with van der Waals surface area (Å²) in [7, 11) is 1.70. The number of nitrogens with one attached hydrogen (secondary N) is 1. The molecule has 1 unspecified atom stereocenters. The lowest BCUT2D eigenvalue weighted by Crippen LogP contribution is -2.47. The third-order valence-electron chi connectivity index (χ3n) is 4.18. The number of benzene rings is 1. The molecule has 1 aliphatic rings. The Morgan fingerprint density at radius 3 is 2.67 bits per heavy atom. The Balaban J connectivity index is 2.25. The highest BCUT2D eigenvalue weighted by atomic mass is 16.5. The fourth-order valence-electron chi connectivity index (χ4n) is 2.61. The number of rotatable bonds is 6. The maximum Gasteiger partial charge on any atom is 0.120 e. The van der Waals surface area contributed by atoms with Gasteiger partial charge in [-0.1, -0.05) is 13.0 Å². The summed E-state index contributed by atoms with van der Waals surface area (Å²) < 4.78 is 5.30. The van der Waals surface area contributed by atoms with Crippen molar-refractivity contribution in [2.75, 3.05) is 19.0 Å². The van der Waals surface area contributed by atoms with Gasteiger partial charge in [0.1, 0.15) is 5.75 Å². The fourth-order valence-corrected chi connectivity index (χ4v) is 2.61. The molecule has 3 heteroatoms. The van der Waals surface area contributed by atoms with Gasteiger partial charge >= 0.3 is 0 Å². The van der Waals surface area contributed by atoms with Gasteiger partial charge in [-0.3, -0.25) is 0 Å². The zero-order chi connectivity index (χ0) is 13.2. The van der Waals surface area contributed by atoms with Crippen LogP contribution >= 0.6 is 0 Å². The van der Waals surface area contributed by atoms with Crippen molar-refractivity contribution in [3.05, 3.63) is 23.8 Å². The highest BCUT2D eigenvalue weighted by Gasteiger charge is 2.43. The molecule has 0 bridgehead atoms. The highest BCUT2D eigenvalue weighted by molar-refractivity contribution is 5.56. The molecule has 0 spiro atoms. The first-order valence-corrected chi connectivity index (χ1v) is 6.78. The van der Waals surface area contributed by atoms with Crippen LogP contribution in [0.3, 0.4) is 0 Å². The van der Waals surface area contributed by atoms with Crippen LogP contribution in [0, 0.1) is 12.8 Å². The van der Waals surface area contributed by atoms with Crippen LogP contribution in [-0.2, 0) is 0 Å². The number of anilines is 1. The Bertz CT molecular complexity index is 409. The molecule has 0 aromatic heterocycles. The van der Waals surface area contributed by atoms with Crippen LogP contribution in [-0.4, -0.2) is 19.2 Å². The van der Waals surface area contributed by atoms with Crippen LogP contribution in [0.1, 0.15) is 31.7 Å². The van der Waals surface area contributed by atoms with E-state index in [0.717, 1.165) is 23.8 Å². The van der Waals surface area contributed by atoms with Crippen LogP contribution in [0.4, 0.5) is 5.69 Å². The molecule has 3 nitrogen and oxygen atoms in total. The average Bonchev–Trinajstić information content (AvgIpc) is 3.23. The predicted molar refractivity (Wildman–Crippen MR) is 76.2 cm³/mol. The molecular weight excluding hydrogens is 224 g/mol. The molecule has 18 heavy (non-hydrogen) atoms. The van der Waals surface area contributed by atoms with Gasteiger partial charge in [0.15, 0.2) is 0 Å². The minimum atomic E-state index is 0.0527. The fraction of sp³-hybridized carbons (Fsp3) is 0.600. The van der Waals surface area contributed by atoms with Crippen molar-refractivity contribution in [1.82, 2.24) is 0 Å². The molecule has 0 radical (unpaired) electrons. The predicted octanol–water partition coefficient (Wildman–Crippen LogP) is 2.93. The first-order valence-electron chi connectivity index (χ1n) is 6.78. The lowest BCUT2D eigenvalue weighted by atomic mass is 9.89. The standard InChI is InChI=1S/C15H24N2O/c1-4-15(10-16,12-6-7-12)17-14-9-13(18-3)8-5-11(14)2/h5,8-9,12,17H,4,6-7,10,16H2,1-3H3. The van der Waals surface area contributed by atoms with Gasteiger partial charge in [-0.25, -0.2) is 0 Å². The number of hydrogen-bond donors (Lipinski definition) is 2. The molecular formula is C15H24N2O. The average molecular weight is 248 g/mol. The van der Waals surface area contributed by atoms with E-state index < -0.39 is 0 Å². The van der Waals surface area contributed by atoms with Gasteiger partial charge in [-0.05, 0) is 43.7 Å². The van der Waals surface area contributed by atoms with E-state index in [0.29, 0.717) is 6.54 Å².